The van der Waals surface area contributed by atoms with Crippen LogP contribution >= 0.6 is 11.6 Å². The lowest BCUT2D eigenvalue weighted by molar-refractivity contribution is -0.139. The number of sulfonamides is 1. The van der Waals surface area contributed by atoms with Crippen molar-refractivity contribution in [2.45, 2.75) is 32.9 Å². The largest absolute Gasteiger partial charge is 0.357 e. The first-order valence-electron chi connectivity index (χ1n) is 11.8. The summed E-state index contributed by atoms with van der Waals surface area (Å²) in [6, 6.07) is 21.1. The van der Waals surface area contributed by atoms with Crippen LogP contribution in [0.15, 0.2) is 72.8 Å². The molecule has 3 rings (SSSR count). The quantitative estimate of drug-likeness (QED) is 0.418. The number of carbonyl (C=O) groups is 2. The first-order valence-corrected chi connectivity index (χ1v) is 14.1. The van der Waals surface area contributed by atoms with Gasteiger partial charge in [0.15, 0.2) is 0 Å². The summed E-state index contributed by atoms with van der Waals surface area (Å²) >= 11 is 6.26. The molecule has 0 radical (unpaired) electrons. The molecule has 0 heterocycles. The number of rotatable bonds is 10. The Hall–Kier alpha value is -3.36. The fourth-order valence-electron chi connectivity index (χ4n) is 4.07. The van der Waals surface area contributed by atoms with Crippen molar-refractivity contribution in [2.75, 3.05) is 24.2 Å². The molecule has 0 aromatic heterocycles. The molecule has 196 valence electrons. The normalized spacial score (nSPS) is 12.0. The number of halogens is 1. The number of likely N-dealkylation sites (N-methyl/N-ethyl adjacent to an activating group) is 1. The van der Waals surface area contributed by atoms with E-state index in [0.29, 0.717) is 16.3 Å². The number of anilines is 1. The van der Waals surface area contributed by atoms with E-state index in [2.05, 4.69) is 5.32 Å². The number of benzene rings is 3. The van der Waals surface area contributed by atoms with Gasteiger partial charge in [0.2, 0.25) is 21.8 Å². The molecular weight excluding hydrogens is 510 g/mol. The fraction of sp³-hybridized carbons (Fsp3) is 0.286. The minimum absolute atomic E-state index is 0.135. The molecule has 0 fully saturated rings. The zero-order valence-corrected chi connectivity index (χ0v) is 23.0. The average molecular weight is 542 g/mol. The molecule has 1 N–H and O–H groups in total. The Balaban J connectivity index is 2.05. The molecule has 0 saturated heterocycles. The van der Waals surface area contributed by atoms with Gasteiger partial charge < -0.3 is 10.2 Å². The molecule has 0 aliphatic carbocycles. The molecular formula is C28H32ClN3O4S. The number of amides is 2. The Morgan fingerprint density at radius 2 is 1.57 bits per heavy atom. The first kappa shape index (κ1) is 28.2. The molecule has 0 spiro atoms. The maximum absolute atomic E-state index is 13.9. The number of aryl methyl sites for hydroxylation is 1. The molecule has 3 aromatic rings. The SMILES string of the molecule is CNC(=O)[C@@H](Cc1ccccc1)N(Cc1ccc(C)cc1)C(=O)CN(c1cccc(Cl)c1C)S(C)(=O)=O. The second kappa shape index (κ2) is 12.3. The van der Waals surface area contributed by atoms with Crippen LogP contribution in [0.1, 0.15) is 22.3 Å². The molecule has 1 atom stereocenters. The predicted octanol–water partition coefficient (Wildman–Crippen LogP) is 4.11. The standard InChI is InChI=1S/C28H32ClN3O4S/c1-20-13-15-23(16-14-20)18-31(26(28(34)30-3)17-22-9-6-5-7-10-22)27(33)19-32(37(4,35)36)25-12-8-11-24(29)21(25)2/h5-16,26H,17-19H2,1-4H3,(H,30,34)/t26-/m1/s1. The van der Waals surface area contributed by atoms with Crippen molar-refractivity contribution in [1.82, 2.24) is 10.2 Å². The van der Waals surface area contributed by atoms with E-state index in [-0.39, 0.29) is 18.9 Å². The number of carbonyl (C=O) groups excluding carboxylic acids is 2. The second-order valence-electron chi connectivity index (χ2n) is 8.98. The number of hydrogen-bond acceptors (Lipinski definition) is 4. The highest BCUT2D eigenvalue weighted by Crippen LogP contribution is 2.28. The summed E-state index contributed by atoms with van der Waals surface area (Å²) in [7, 11) is -2.33. The van der Waals surface area contributed by atoms with Crippen LogP contribution in [0.5, 0.6) is 0 Å². The molecule has 0 bridgehead atoms. The van der Waals surface area contributed by atoms with Gasteiger partial charge in [0.1, 0.15) is 12.6 Å². The molecule has 0 aliphatic rings. The minimum Gasteiger partial charge on any atom is -0.357 e. The summed E-state index contributed by atoms with van der Waals surface area (Å²) in [5.41, 5.74) is 3.63. The van der Waals surface area contributed by atoms with Crippen LogP contribution in [0, 0.1) is 13.8 Å². The molecule has 0 aliphatic heterocycles. The van der Waals surface area contributed by atoms with Crippen molar-refractivity contribution in [3.63, 3.8) is 0 Å². The number of nitrogens with one attached hydrogen (secondary N) is 1. The van der Waals surface area contributed by atoms with E-state index in [0.717, 1.165) is 27.3 Å². The Morgan fingerprint density at radius 1 is 0.919 bits per heavy atom. The third-order valence-electron chi connectivity index (χ3n) is 6.18. The van der Waals surface area contributed by atoms with Crippen LogP contribution in [0.3, 0.4) is 0 Å². The van der Waals surface area contributed by atoms with Gasteiger partial charge >= 0.3 is 0 Å². The van der Waals surface area contributed by atoms with E-state index >= 15 is 0 Å². The minimum atomic E-state index is -3.85. The molecule has 9 heteroatoms. The summed E-state index contributed by atoms with van der Waals surface area (Å²) in [5.74, 6) is -0.843. The van der Waals surface area contributed by atoms with E-state index in [1.54, 1.807) is 25.1 Å². The van der Waals surface area contributed by atoms with Crippen LogP contribution in [-0.4, -0.2) is 51.0 Å². The van der Waals surface area contributed by atoms with E-state index in [9.17, 15) is 18.0 Å². The maximum Gasteiger partial charge on any atom is 0.244 e. The molecule has 0 saturated carbocycles. The second-order valence-corrected chi connectivity index (χ2v) is 11.3. The highest BCUT2D eigenvalue weighted by molar-refractivity contribution is 7.92. The molecule has 7 nitrogen and oxygen atoms in total. The maximum atomic E-state index is 13.9. The molecule has 37 heavy (non-hydrogen) atoms. The lowest BCUT2D eigenvalue weighted by atomic mass is 10.0. The van der Waals surface area contributed by atoms with Crippen LogP contribution in [0.25, 0.3) is 0 Å². The zero-order chi connectivity index (χ0) is 27.2. The first-order chi connectivity index (χ1) is 17.5. The Morgan fingerprint density at radius 3 is 2.16 bits per heavy atom. The van der Waals surface area contributed by atoms with Crippen molar-refractivity contribution < 1.29 is 18.0 Å². The monoisotopic (exact) mass is 541 g/mol. The Bertz CT molecular complexity index is 1350. The third kappa shape index (κ3) is 7.33. The van der Waals surface area contributed by atoms with Gasteiger partial charge in [-0.05, 0) is 42.7 Å². The Labute approximate surface area is 224 Å². The van der Waals surface area contributed by atoms with Crippen molar-refractivity contribution in [1.29, 1.82) is 0 Å². The summed E-state index contributed by atoms with van der Waals surface area (Å²) < 4.78 is 26.7. The van der Waals surface area contributed by atoms with Crippen LogP contribution in [0.4, 0.5) is 5.69 Å². The topological polar surface area (TPSA) is 86.8 Å². The van der Waals surface area contributed by atoms with E-state index in [4.69, 9.17) is 11.6 Å². The summed E-state index contributed by atoms with van der Waals surface area (Å²) in [6.45, 7) is 3.32. The molecule has 3 aromatic carbocycles. The summed E-state index contributed by atoms with van der Waals surface area (Å²) in [5, 5.41) is 3.06. The van der Waals surface area contributed by atoms with Gasteiger partial charge in [0, 0.05) is 25.0 Å². The van der Waals surface area contributed by atoms with Crippen LogP contribution in [0.2, 0.25) is 5.02 Å². The van der Waals surface area contributed by atoms with Gasteiger partial charge in [-0.3, -0.25) is 13.9 Å². The van der Waals surface area contributed by atoms with E-state index < -0.39 is 28.5 Å². The van der Waals surface area contributed by atoms with E-state index in [1.165, 1.54) is 11.9 Å². The van der Waals surface area contributed by atoms with Gasteiger partial charge in [0.25, 0.3) is 0 Å². The van der Waals surface area contributed by atoms with Crippen LogP contribution in [-0.2, 0) is 32.6 Å². The predicted molar refractivity (Wildman–Crippen MR) is 148 cm³/mol. The Kier molecular flexibility index (Phi) is 9.34. The molecule has 2 amide bonds. The zero-order valence-electron chi connectivity index (χ0n) is 21.4. The van der Waals surface area contributed by atoms with Crippen LogP contribution < -0.4 is 9.62 Å². The lowest BCUT2D eigenvalue weighted by Gasteiger charge is -2.33. The lowest BCUT2D eigenvalue weighted by Crippen LogP contribution is -2.53. The third-order valence-corrected chi connectivity index (χ3v) is 7.71. The summed E-state index contributed by atoms with van der Waals surface area (Å²) in [4.78, 5) is 28.5. The van der Waals surface area contributed by atoms with Crippen molar-refractivity contribution in [3.8, 4) is 0 Å². The van der Waals surface area contributed by atoms with Gasteiger partial charge in [-0.25, -0.2) is 8.42 Å². The van der Waals surface area contributed by atoms with Crippen molar-refractivity contribution >= 4 is 39.1 Å². The average Bonchev–Trinajstić information content (AvgIpc) is 2.87. The highest BCUT2D eigenvalue weighted by atomic mass is 35.5. The van der Waals surface area contributed by atoms with Crippen molar-refractivity contribution in [2.24, 2.45) is 0 Å². The van der Waals surface area contributed by atoms with Gasteiger partial charge in [-0.2, -0.15) is 0 Å². The fourth-order valence-corrected chi connectivity index (χ4v) is 5.14. The smallest absolute Gasteiger partial charge is 0.244 e. The molecule has 0 unspecified atom stereocenters. The van der Waals surface area contributed by atoms with Gasteiger partial charge in [-0.1, -0.05) is 77.8 Å². The number of hydrogen-bond donors (Lipinski definition) is 1. The highest BCUT2D eigenvalue weighted by Gasteiger charge is 2.33. The summed E-state index contributed by atoms with van der Waals surface area (Å²) in [6.07, 6.45) is 1.32. The number of nitrogens with zero attached hydrogens (tertiary/aromatic N) is 2. The van der Waals surface area contributed by atoms with Gasteiger partial charge in [-0.15, -0.1) is 0 Å². The van der Waals surface area contributed by atoms with E-state index in [1.807, 2.05) is 61.5 Å². The van der Waals surface area contributed by atoms with Gasteiger partial charge in [0.05, 0.1) is 11.9 Å². The van der Waals surface area contributed by atoms with Crippen molar-refractivity contribution in [3.05, 3.63) is 100 Å².